The van der Waals surface area contributed by atoms with Crippen molar-refractivity contribution in [2.75, 3.05) is 0 Å². The van der Waals surface area contributed by atoms with Crippen molar-refractivity contribution >= 4 is 85.6 Å². The van der Waals surface area contributed by atoms with Crippen LogP contribution >= 0.6 is 11.3 Å². The fourth-order valence-electron chi connectivity index (χ4n) is 10.4. The Bertz CT molecular complexity index is 4300. The van der Waals surface area contributed by atoms with E-state index in [1.54, 1.807) is 0 Å². The smallest absolute Gasteiger partial charge is 0.164 e. The van der Waals surface area contributed by atoms with Gasteiger partial charge in [-0.25, -0.2) is 15.0 Å². The van der Waals surface area contributed by atoms with Crippen LogP contribution in [0.4, 0.5) is 0 Å². The number of hydrogen-bond donors (Lipinski definition) is 0. The molecule has 0 saturated heterocycles. The zero-order valence-electron chi connectivity index (χ0n) is 36.6. The van der Waals surface area contributed by atoms with E-state index in [4.69, 9.17) is 15.0 Å². The molecule has 3 aromatic heterocycles. The molecule has 0 bridgehead atoms. The lowest BCUT2D eigenvalue weighted by Crippen LogP contribution is -2.00. The maximum atomic E-state index is 5.19. The van der Waals surface area contributed by atoms with Crippen LogP contribution in [0, 0.1) is 0 Å². The van der Waals surface area contributed by atoms with Crippen LogP contribution in [-0.4, -0.2) is 19.5 Å². The highest BCUT2D eigenvalue weighted by atomic mass is 32.1. The Labute approximate surface area is 395 Å². The summed E-state index contributed by atoms with van der Waals surface area (Å²) in [6, 6.07) is 82.9. The number of thiophene rings is 1. The second-order valence-corrected chi connectivity index (χ2v) is 18.6. The fraction of sp³-hybridized carbons (Fsp3) is 0. The minimum Gasteiger partial charge on any atom is -0.308 e. The van der Waals surface area contributed by atoms with Gasteiger partial charge in [0.05, 0.1) is 16.7 Å². The van der Waals surface area contributed by atoms with Gasteiger partial charge < -0.3 is 4.57 Å². The van der Waals surface area contributed by atoms with Crippen molar-refractivity contribution < 1.29 is 0 Å². The van der Waals surface area contributed by atoms with E-state index in [1.807, 2.05) is 29.5 Å². The molecule has 68 heavy (non-hydrogen) atoms. The Kier molecular flexibility index (Phi) is 8.73. The lowest BCUT2D eigenvalue weighted by molar-refractivity contribution is 1.07. The van der Waals surface area contributed by atoms with Crippen LogP contribution in [-0.2, 0) is 0 Å². The van der Waals surface area contributed by atoms with Gasteiger partial charge in [0, 0.05) is 47.6 Å². The number of fused-ring (bicyclic) bond motifs is 11. The number of aromatic nitrogens is 4. The molecular formula is C63H38N4S. The van der Waals surface area contributed by atoms with E-state index in [9.17, 15) is 0 Å². The van der Waals surface area contributed by atoms with Crippen molar-refractivity contribution in [3.8, 4) is 62.1 Å². The largest absolute Gasteiger partial charge is 0.308 e. The SMILES string of the molecule is c1ccc(-c2nc(-c3ccc(-c4ccc5ccccc5c4)cc3)nc(-c3ccc4c(c3)sc3cccc(-n5c6ccc7ccccc7c6c6c7ccccc7c(-c7ccccc7)cc65)c34)n2)cc1. The van der Waals surface area contributed by atoms with E-state index in [0.717, 1.165) is 27.9 Å². The molecule has 11 aromatic carbocycles. The fourth-order valence-corrected chi connectivity index (χ4v) is 11.6. The van der Waals surface area contributed by atoms with Gasteiger partial charge in [-0.15, -0.1) is 11.3 Å². The monoisotopic (exact) mass is 882 g/mol. The second kappa shape index (κ2) is 15.4. The Balaban J connectivity index is 0.947. The van der Waals surface area contributed by atoms with Crippen molar-refractivity contribution in [3.63, 3.8) is 0 Å². The van der Waals surface area contributed by atoms with Gasteiger partial charge in [0.1, 0.15) is 0 Å². The summed E-state index contributed by atoms with van der Waals surface area (Å²) >= 11 is 1.81. The molecular weight excluding hydrogens is 845 g/mol. The lowest BCUT2D eigenvalue weighted by Gasteiger charge is -2.13. The predicted octanol–water partition coefficient (Wildman–Crippen LogP) is 17.1. The summed E-state index contributed by atoms with van der Waals surface area (Å²) in [5, 5.41) is 12.4. The minimum atomic E-state index is 0.638. The lowest BCUT2D eigenvalue weighted by atomic mass is 9.94. The topological polar surface area (TPSA) is 43.6 Å². The van der Waals surface area contributed by atoms with Crippen molar-refractivity contribution in [3.05, 3.63) is 231 Å². The molecule has 0 aliphatic rings. The number of benzene rings is 11. The first-order valence-corrected chi connectivity index (χ1v) is 23.8. The average Bonchev–Trinajstić information content (AvgIpc) is 3.97. The molecule has 0 aliphatic heterocycles. The molecule has 14 aromatic rings. The molecule has 5 heteroatoms. The molecule has 0 saturated carbocycles. The zero-order valence-corrected chi connectivity index (χ0v) is 37.5. The van der Waals surface area contributed by atoms with E-state index in [0.29, 0.717) is 17.5 Å². The van der Waals surface area contributed by atoms with Gasteiger partial charge in [-0.05, 0) is 91.0 Å². The van der Waals surface area contributed by atoms with Crippen LogP contribution in [0.2, 0.25) is 0 Å². The molecule has 0 atom stereocenters. The third-order valence-corrected chi connectivity index (χ3v) is 14.7. The molecule has 4 nitrogen and oxygen atoms in total. The van der Waals surface area contributed by atoms with E-state index < -0.39 is 0 Å². The van der Waals surface area contributed by atoms with Gasteiger partial charge >= 0.3 is 0 Å². The number of rotatable bonds is 6. The van der Waals surface area contributed by atoms with Gasteiger partial charge in [0.15, 0.2) is 17.5 Å². The molecule has 316 valence electrons. The molecule has 0 N–H and O–H groups in total. The molecule has 3 heterocycles. The minimum absolute atomic E-state index is 0.638. The average molecular weight is 883 g/mol. The van der Waals surface area contributed by atoms with Crippen LogP contribution in [0.3, 0.4) is 0 Å². The van der Waals surface area contributed by atoms with Gasteiger partial charge in [0.25, 0.3) is 0 Å². The highest BCUT2D eigenvalue weighted by Gasteiger charge is 2.22. The summed E-state index contributed by atoms with van der Waals surface area (Å²) in [6.45, 7) is 0. The maximum Gasteiger partial charge on any atom is 0.164 e. The molecule has 0 radical (unpaired) electrons. The van der Waals surface area contributed by atoms with Gasteiger partial charge in [-0.2, -0.15) is 0 Å². The Morgan fingerprint density at radius 2 is 0.868 bits per heavy atom. The van der Waals surface area contributed by atoms with Crippen LogP contribution in [0.1, 0.15) is 0 Å². The van der Waals surface area contributed by atoms with Gasteiger partial charge in [0.2, 0.25) is 0 Å². The molecule has 0 amide bonds. The van der Waals surface area contributed by atoms with Crippen molar-refractivity contribution in [2.24, 2.45) is 0 Å². The Hall–Kier alpha value is -8.77. The van der Waals surface area contributed by atoms with E-state index >= 15 is 0 Å². The maximum absolute atomic E-state index is 5.19. The molecule has 0 spiro atoms. The van der Waals surface area contributed by atoms with Crippen molar-refractivity contribution in [1.29, 1.82) is 0 Å². The third-order valence-electron chi connectivity index (χ3n) is 13.6. The van der Waals surface area contributed by atoms with Crippen LogP contribution in [0.5, 0.6) is 0 Å². The van der Waals surface area contributed by atoms with E-state index in [1.165, 1.54) is 91.0 Å². The van der Waals surface area contributed by atoms with Crippen LogP contribution < -0.4 is 0 Å². The zero-order chi connectivity index (χ0) is 44.7. The number of nitrogens with zero attached hydrogens (tertiary/aromatic N) is 4. The number of hydrogen-bond acceptors (Lipinski definition) is 4. The first-order chi connectivity index (χ1) is 33.7. The summed E-state index contributed by atoms with van der Waals surface area (Å²) in [5.74, 6) is 1.92. The summed E-state index contributed by atoms with van der Waals surface area (Å²) in [6.07, 6.45) is 0. The molecule has 0 aliphatic carbocycles. The van der Waals surface area contributed by atoms with Gasteiger partial charge in [-0.1, -0.05) is 194 Å². The van der Waals surface area contributed by atoms with Crippen LogP contribution in [0.15, 0.2) is 231 Å². The van der Waals surface area contributed by atoms with E-state index in [2.05, 4.69) is 217 Å². The third kappa shape index (κ3) is 6.17. The summed E-state index contributed by atoms with van der Waals surface area (Å²) in [4.78, 5) is 15.4. The normalized spacial score (nSPS) is 11.8. The van der Waals surface area contributed by atoms with Crippen LogP contribution in [0.25, 0.3) is 136 Å². The predicted molar refractivity (Wildman–Crippen MR) is 287 cm³/mol. The second-order valence-electron chi connectivity index (χ2n) is 17.5. The molecule has 0 fully saturated rings. The summed E-state index contributed by atoms with van der Waals surface area (Å²) < 4.78 is 4.92. The molecule has 14 rings (SSSR count). The van der Waals surface area contributed by atoms with Crippen molar-refractivity contribution in [1.82, 2.24) is 19.5 Å². The Morgan fingerprint density at radius 3 is 1.65 bits per heavy atom. The first-order valence-electron chi connectivity index (χ1n) is 23.0. The molecule has 0 unspecified atom stereocenters. The highest BCUT2D eigenvalue weighted by Crippen LogP contribution is 2.47. The highest BCUT2D eigenvalue weighted by molar-refractivity contribution is 7.26. The van der Waals surface area contributed by atoms with Crippen molar-refractivity contribution in [2.45, 2.75) is 0 Å². The summed E-state index contributed by atoms with van der Waals surface area (Å²) in [5.41, 5.74) is 11.1. The standard InChI is InChI=1S/C63H38N4S/c1-3-15-41(16-4-1)52-38-55-60(50-23-12-11-22-49(50)52)59-48-21-10-9-17-42(48)33-35-54(59)67(55)53-24-13-25-56-58(53)51-34-32-47(37-57(51)68-56)63-65-61(43-18-5-2-6-19-43)64-62(66-63)44-29-26-40(27-30-44)46-31-28-39-14-7-8-20-45(39)36-46/h1-38H. The quantitative estimate of drug-likeness (QED) is 0.167. The van der Waals surface area contributed by atoms with Gasteiger partial charge in [-0.3, -0.25) is 0 Å². The first kappa shape index (κ1) is 38.5. The summed E-state index contributed by atoms with van der Waals surface area (Å²) in [7, 11) is 0. The Morgan fingerprint density at radius 1 is 0.294 bits per heavy atom. The van der Waals surface area contributed by atoms with E-state index in [-0.39, 0.29) is 0 Å².